The third-order valence-corrected chi connectivity index (χ3v) is 2.87. The fraction of sp³-hybridized carbons (Fsp3) is 0.167. The maximum Gasteiger partial charge on any atom is 0.323 e. The third-order valence-electron chi connectivity index (χ3n) is 2.07. The highest BCUT2D eigenvalue weighted by molar-refractivity contribution is 9.10. The van der Waals surface area contributed by atoms with E-state index in [1.807, 2.05) is 0 Å². The number of terminal acetylenes is 1. The SMILES string of the molecule is C#CCN(CC(=O)O)C(=O)Nc1ccc(Br)cc1Cl. The molecule has 0 atom stereocenters. The second-order valence-corrected chi connectivity index (χ2v) is 4.83. The molecule has 19 heavy (non-hydrogen) atoms. The molecule has 0 heterocycles. The highest BCUT2D eigenvalue weighted by Crippen LogP contribution is 2.25. The van der Waals surface area contributed by atoms with Crippen LogP contribution in [0, 0.1) is 12.3 Å². The molecule has 0 saturated carbocycles. The van der Waals surface area contributed by atoms with Crippen LogP contribution in [0.15, 0.2) is 22.7 Å². The molecule has 0 aliphatic rings. The van der Waals surface area contributed by atoms with Crippen LogP contribution in [0.5, 0.6) is 0 Å². The van der Waals surface area contributed by atoms with Gasteiger partial charge in [0, 0.05) is 4.47 Å². The van der Waals surface area contributed by atoms with Crippen molar-refractivity contribution < 1.29 is 14.7 Å². The van der Waals surface area contributed by atoms with Crippen LogP contribution in [-0.4, -0.2) is 35.1 Å². The van der Waals surface area contributed by atoms with Crippen molar-refractivity contribution in [1.29, 1.82) is 0 Å². The molecule has 0 saturated heterocycles. The minimum Gasteiger partial charge on any atom is -0.480 e. The predicted molar refractivity (Wildman–Crippen MR) is 76.2 cm³/mol. The maximum absolute atomic E-state index is 11.9. The minimum atomic E-state index is -1.15. The van der Waals surface area contributed by atoms with Gasteiger partial charge in [0.1, 0.15) is 6.54 Å². The van der Waals surface area contributed by atoms with Crippen molar-refractivity contribution in [2.75, 3.05) is 18.4 Å². The Labute approximate surface area is 123 Å². The zero-order valence-corrected chi connectivity index (χ0v) is 12.0. The smallest absolute Gasteiger partial charge is 0.323 e. The molecule has 0 aliphatic carbocycles. The van der Waals surface area contributed by atoms with E-state index >= 15 is 0 Å². The van der Waals surface area contributed by atoms with Crippen LogP contribution in [-0.2, 0) is 4.79 Å². The van der Waals surface area contributed by atoms with Crippen molar-refractivity contribution in [3.05, 3.63) is 27.7 Å². The van der Waals surface area contributed by atoms with Gasteiger partial charge >= 0.3 is 12.0 Å². The second kappa shape index (κ2) is 7.02. The van der Waals surface area contributed by atoms with Gasteiger partial charge in [0.25, 0.3) is 0 Å². The number of carbonyl (C=O) groups excluding carboxylic acids is 1. The third kappa shape index (κ3) is 4.81. The van der Waals surface area contributed by atoms with Crippen LogP contribution in [0.4, 0.5) is 10.5 Å². The van der Waals surface area contributed by atoms with Crippen LogP contribution in [0.2, 0.25) is 5.02 Å². The lowest BCUT2D eigenvalue weighted by molar-refractivity contribution is -0.137. The number of benzene rings is 1. The van der Waals surface area contributed by atoms with Gasteiger partial charge in [-0.3, -0.25) is 4.79 Å². The summed E-state index contributed by atoms with van der Waals surface area (Å²) in [6.07, 6.45) is 5.09. The van der Waals surface area contributed by atoms with Gasteiger partial charge in [-0.2, -0.15) is 0 Å². The van der Waals surface area contributed by atoms with Gasteiger partial charge in [-0.25, -0.2) is 4.79 Å². The lowest BCUT2D eigenvalue weighted by atomic mass is 10.3. The van der Waals surface area contributed by atoms with Crippen LogP contribution in [0.1, 0.15) is 0 Å². The van der Waals surface area contributed by atoms with Crippen molar-refractivity contribution >= 4 is 45.2 Å². The average molecular weight is 346 g/mol. The fourth-order valence-corrected chi connectivity index (χ4v) is 1.98. The number of hydrogen-bond acceptors (Lipinski definition) is 2. The summed E-state index contributed by atoms with van der Waals surface area (Å²) in [6, 6.07) is 4.29. The molecule has 0 aromatic heterocycles. The first-order valence-electron chi connectivity index (χ1n) is 5.10. The summed E-state index contributed by atoms with van der Waals surface area (Å²) in [4.78, 5) is 23.5. The Morgan fingerprint density at radius 3 is 2.74 bits per heavy atom. The molecule has 5 nitrogen and oxygen atoms in total. The Hall–Kier alpha value is -1.71. The molecule has 1 rings (SSSR count). The molecule has 100 valence electrons. The number of carboxylic acids is 1. The number of rotatable bonds is 4. The topological polar surface area (TPSA) is 69.6 Å². The molecule has 2 amide bonds. The monoisotopic (exact) mass is 344 g/mol. The lowest BCUT2D eigenvalue weighted by Crippen LogP contribution is -2.39. The summed E-state index contributed by atoms with van der Waals surface area (Å²) in [5.74, 6) is 1.08. The largest absolute Gasteiger partial charge is 0.480 e. The molecule has 7 heteroatoms. The first-order chi connectivity index (χ1) is 8.93. The van der Waals surface area contributed by atoms with Crippen molar-refractivity contribution in [3.63, 3.8) is 0 Å². The number of halogens is 2. The highest BCUT2D eigenvalue weighted by Gasteiger charge is 2.16. The molecular formula is C12H10BrClN2O3. The van der Waals surface area contributed by atoms with Crippen molar-refractivity contribution in [1.82, 2.24) is 4.90 Å². The van der Waals surface area contributed by atoms with E-state index in [9.17, 15) is 9.59 Å². The van der Waals surface area contributed by atoms with Gasteiger partial charge in [-0.05, 0) is 18.2 Å². The standard InChI is InChI=1S/C12H10BrClN2O3/c1-2-5-16(7-11(17)18)12(19)15-10-4-3-8(13)6-9(10)14/h1,3-4,6H,5,7H2,(H,15,19)(H,17,18). The van der Waals surface area contributed by atoms with E-state index in [-0.39, 0.29) is 6.54 Å². The summed E-state index contributed by atoms with van der Waals surface area (Å²) < 4.78 is 0.765. The van der Waals surface area contributed by atoms with Crippen LogP contribution < -0.4 is 5.32 Å². The molecule has 0 unspecified atom stereocenters. The molecule has 0 fully saturated rings. The Balaban J connectivity index is 2.81. The van der Waals surface area contributed by atoms with Crippen LogP contribution >= 0.6 is 27.5 Å². The first kappa shape index (κ1) is 15.3. The van der Waals surface area contributed by atoms with E-state index in [1.165, 1.54) is 0 Å². The van der Waals surface area contributed by atoms with Crippen LogP contribution in [0.3, 0.4) is 0 Å². The molecule has 1 aromatic rings. The van der Waals surface area contributed by atoms with E-state index in [0.717, 1.165) is 9.37 Å². The zero-order chi connectivity index (χ0) is 14.4. The summed E-state index contributed by atoms with van der Waals surface area (Å²) >= 11 is 9.18. The molecule has 0 spiro atoms. The number of carbonyl (C=O) groups is 2. The van der Waals surface area contributed by atoms with Gasteiger partial charge in [0.05, 0.1) is 17.3 Å². The molecule has 1 aromatic carbocycles. The van der Waals surface area contributed by atoms with Gasteiger partial charge in [-0.15, -0.1) is 6.42 Å². The van der Waals surface area contributed by atoms with Gasteiger partial charge in [0.2, 0.25) is 0 Å². The Kier molecular flexibility index (Phi) is 5.67. The number of hydrogen-bond donors (Lipinski definition) is 2. The summed E-state index contributed by atoms with van der Waals surface area (Å²) in [7, 11) is 0. The van der Waals surface area contributed by atoms with E-state index in [1.54, 1.807) is 18.2 Å². The normalized spacial score (nSPS) is 9.53. The molecular weight excluding hydrogens is 336 g/mol. The second-order valence-electron chi connectivity index (χ2n) is 3.51. The predicted octanol–water partition coefficient (Wildman–Crippen LogP) is 2.65. The van der Waals surface area contributed by atoms with E-state index in [4.69, 9.17) is 23.1 Å². The fourth-order valence-electron chi connectivity index (χ4n) is 1.26. The summed E-state index contributed by atoms with van der Waals surface area (Å²) in [6.45, 7) is -0.587. The number of nitrogens with one attached hydrogen (secondary N) is 1. The van der Waals surface area contributed by atoms with E-state index in [2.05, 4.69) is 27.2 Å². The van der Waals surface area contributed by atoms with Crippen molar-refractivity contribution in [2.45, 2.75) is 0 Å². The van der Waals surface area contributed by atoms with Gasteiger partial charge in [-0.1, -0.05) is 33.5 Å². The van der Waals surface area contributed by atoms with Crippen LogP contribution in [0.25, 0.3) is 0 Å². The number of anilines is 1. The number of aliphatic carboxylic acids is 1. The van der Waals surface area contributed by atoms with E-state index < -0.39 is 18.5 Å². The van der Waals surface area contributed by atoms with Gasteiger partial charge < -0.3 is 15.3 Å². The number of amides is 2. The first-order valence-corrected chi connectivity index (χ1v) is 6.27. The zero-order valence-electron chi connectivity index (χ0n) is 9.69. The molecule has 0 radical (unpaired) electrons. The summed E-state index contributed by atoms with van der Waals surface area (Å²) in [5, 5.41) is 11.5. The Bertz CT molecular complexity index is 542. The average Bonchev–Trinajstić information content (AvgIpc) is 2.31. The number of carboxylic acid groups (broad SMARTS) is 1. The van der Waals surface area contributed by atoms with Crippen molar-refractivity contribution in [2.24, 2.45) is 0 Å². The van der Waals surface area contributed by atoms with Crippen molar-refractivity contribution in [3.8, 4) is 12.3 Å². The van der Waals surface area contributed by atoms with E-state index in [0.29, 0.717) is 10.7 Å². The molecule has 2 N–H and O–H groups in total. The minimum absolute atomic E-state index is 0.105. The number of urea groups is 1. The molecule has 0 bridgehead atoms. The highest BCUT2D eigenvalue weighted by atomic mass is 79.9. The van der Waals surface area contributed by atoms with Gasteiger partial charge in [0.15, 0.2) is 0 Å². The number of nitrogens with zero attached hydrogens (tertiary/aromatic N) is 1. The molecule has 0 aliphatic heterocycles. The summed E-state index contributed by atoms with van der Waals surface area (Å²) in [5.41, 5.74) is 0.377. The Morgan fingerprint density at radius 2 is 2.21 bits per heavy atom. The Morgan fingerprint density at radius 1 is 1.53 bits per heavy atom. The maximum atomic E-state index is 11.9. The lowest BCUT2D eigenvalue weighted by Gasteiger charge is -2.19. The quantitative estimate of drug-likeness (QED) is 0.824.